The molecule has 0 aliphatic carbocycles. The van der Waals surface area contributed by atoms with Gasteiger partial charge in [-0.3, -0.25) is 4.72 Å². The van der Waals surface area contributed by atoms with E-state index in [0.717, 1.165) is 4.31 Å². The molecule has 12 heteroatoms. The zero-order valence-corrected chi connectivity index (χ0v) is 19.2. The van der Waals surface area contributed by atoms with E-state index < -0.39 is 32.6 Å². The van der Waals surface area contributed by atoms with Gasteiger partial charge in [-0.15, -0.1) is 0 Å². The fourth-order valence-electron chi connectivity index (χ4n) is 2.62. The molecule has 0 saturated carbocycles. The Labute approximate surface area is 181 Å². The van der Waals surface area contributed by atoms with Crippen LogP contribution in [-0.2, 0) is 24.8 Å². The molecule has 0 amide bonds. The van der Waals surface area contributed by atoms with E-state index in [4.69, 9.17) is 9.84 Å². The second kappa shape index (κ2) is 9.54. The Morgan fingerprint density at radius 1 is 1.03 bits per heavy atom. The van der Waals surface area contributed by atoms with E-state index in [2.05, 4.69) is 10.0 Å². The predicted octanol–water partition coefficient (Wildman–Crippen LogP) is 1.94. The van der Waals surface area contributed by atoms with E-state index in [9.17, 15) is 21.6 Å². The largest absolute Gasteiger partial charge is 0.482 e. The number of hydrogen-bond donors (Lipinski definition) is 3. The summed E-state index contributed by atoms with van der Waals surface area (Å²) >= 11 is 0. The molecule has 0 saturated heterocycles. The number of aliphatic carboxylic acids is 1. The highest BCUT2D eigenvalue weighted by Crippen LogP contribution is 2.30. The van der Waals surface area contributed by atoms with Crippen LogP contribution >= 0.6 is 0 Å². The first-order valence-electron chi connectivity index (χ1n) is 9.17. The first-order valence-corrected chi connectivity index (χ1v) is 12.1. The van der Waals surface area contributed by atoms with Gasteiger partial charge in [0.05, 0.1) is 21.2 Å². The van der Waals surface area contributed by atoms with Crippen LogP contribution < -0.4 is 14.8 Å². The van der Waals surface area contributed by atoms with Crippen molar-refractivity contribution in [3.05, 3.63) is 42.0 Å². The maximum absolute atomic E-state index is 12.9. The minimum atomic E-state index is -4.08. The molecular weight excluding hydrogens is 446 g/mol. The fraction of sp³-hybridized carbons (Fsp3) is 0.316. The van der Waals surface area contributed by atoms with Crippen LogP contribution in [0.2, 0.25) is 0 Å². The van der Waals surface area contributed by atoms with Crippen molar-refractivity contribution in [1.82, 2.24) is 4.31 Å². The van der Waals surface area contributed by atoms with E-state index in [1.54, 1.807) is 6.92 Å². The number of rotatable bonds is 10. The van der Waals surface area contributed by atoms with Crippen LogP contribution in [0, 0.1) is 6.92 Å². The SMILES string of the molecule is CCNc1ccc(S(=O)(=O)N(C)C)cc1NS(=O)(=O)c1ccc(OCC(=O)O)c(C)c1. The molecule has 10 nitrogen and oxygen atoms in total. The van der Waals surface area contributed by atoms with Crippen molar-refractivity contribution in [3.63, 3.8) is 0 Å². The fourth-order valence-corrected chi connectivity index (χ4v) is 4.70. The standard InChI is InChI=1S/C19H25N3O7S2/c1-5-20-16-8-6-15(31(27,28)22(3)4)11-17(16)21-30(25,26)14-7-9-18(13(2)10-14)29-12-19(23)24/h6-11,20-21H,5,12H2,1-4H3,(H,23,24). The maximum atomic E-state index is 12.9. The molecule has 0 aliphatic heterocycles. The molecule has 0 radical (unpaired) electrons. The molecular formula is C19H25N3O7S2. The third-order valence-corrected chi connectivity index (χ3v) is 7.36. The van der Waals surface area contributed by atoms with Crippen LogP contribution in [0.15, 0.2) is 46.2 Å². The number of sulfonamides is 2. The Hall–Kier alpha value is -2.83. The van der Waals surface area contributed by atoms with Crippen molar-refractivity contribution >= 4 is 37.4 Å². The van der Waals surface area contributed by atoms with E-state index in [0.29, 0.717) is 17.8 Å². The Morgan fingerprint density at radius 3 is 2.23 bits per heavy atom. The Morgan fingerprint density at radius 2 is 1.68 bits per heavy atom. The molecule has 0 fully saturated rings. The molecule has 0 spiro atoms. The molecule has 0 unspecified atom stereocenters. The number of carboxylic acids is 1. The molecule has 3 N–H and O–H groups in total. The summed E-state index contributed by atoms with van der Waals surface area (Å²) in [7, 11) is -5.08. The minimum Gasteiger partial charge on any atom is -0.482 e. The zero-order valence-electron chi connectivity index (χ0n) is 17.5. The number of anilines is 2. The highest BCUT2D eigenvalue weighted by atomic mass is 32.2. The van der Waals surface area contributed by atoms with Crippen molar-refractivity contribution in [3.8, 4) is 5.75 Å². The van der Waals surface area contributed by atoms with E-state index in [1.807, 2.05) is 6.92 Å². The molecule has 31 heavy (non-hydrogen) atoms. The van der Waals surface area contributed by atoms with Crippen LogP contribution in [0.5, 0.6) is 5.75 Å². The molecule has 2 aromatic carbocycles. The zero-order chi connectivity index (χ0) is 23.4. The van der Waals surface area contributed by atoms with E-state index in [-0.39, 0.29) is 21.2 Å². The summed E-state index contributed by atoms with van der Waals surface area (Å²) in [5.41, 5.74) is 0.926. The van der Waals surface area contributed by atoms with Gasteiger partial charge in [-0.2, -0.15) is 0 Å². The second-order valence-corrected chi connectivity index (χ2v) is 10.6. The quantitative estimate of drug-likeness (QED) is 0.477. The lowest BCUT2D eigenvalue weighted by molar-refractivity contribution is -0.139. The summed E-state index contributed by atoms with van der Waals surface area (Å²) in [4.78, 5) is 10.5. The van der Waals surface area contributed by atoms with Gasteiger partial charge in [0, 0.05) is 20.6 Å². The third kappa shape index (κ3) is 5.87. The molecule has 170 valence electrons. The van der Waals surface area contributed by atoms with Crippen LogP contribution in [0.1, 0.15) is 12.5 Å². The average Bonchev–Trinajstić information content (AvgIpc) is 2.67. The monoisotopic (exact) mass is 471 g/mol. The van der Waals surface area contributed by atoms with Crippen LogP contribution in [0.3, 0.4) is 0 Å². The normalized spacial score (nSPS) is 11.9. The highest BCUT2D eigenvalue weighted by Gasteiger charge is 2.22. The number of aryl methyl sites for hydroxylation is 1. The van der Waals surface area contributed by atoms with Gasteiger partial charge in [0.15, 0.2) is 6.61 Å². The number of ether oxygens (including phenoxy) is 1. The van der Waals surface area contributed by atoms with Gasteiger partial charge in [-0.25, -0.2) is 25.9 Å². The smallest absolute Gasteiger partial charge is 0.341 e. The van der Waals surface area contributed by atoms with Gasteiger partial charge < -0.3 is 15.2 Å². The number of hydrogen-bond acceptors (Lipinski definition) is 7. The summed E-state index contributed by atoms with van der Waals surface area (Å²) in [5.74, 6) is -0.907. The summed E-state index contributed by atoms with van der Waals surface area (Å²) < 4.78 is 59.4. The Kier molecular flexibility index (Phi) is 7.52. The average molecular weight is 472 g/mol. The lowest BCUT2D eigenvalue weighted by Crippen LogP contribution is -2.22. The van der Waals surface area contributed by atoms with Gasteiger partial charge in [-0.05, 0) is 55.8 Å². The van der Waals surface area contributed by atoms with Crippen molar-refractivity contribution in [2.75, 3.05) is 37.3 Å². The molecule has 0 aliphatic rings. The Balaban J connectivity index is 2.43. The highest BCUT2D eigenvalue weighted by molar-refractivity contribution is 7.92. The molecule has 2 rings (SSSR count). The topological polar surface area (TPSA) is 142 Å². The maximum Gasteiger partial charge on any atom is 0.341 e. The van der Waals surface area contributed by atoms with E-state index in [1.165, 1.54) is 50.5 Å². The lowest BCUT2D eigenvalue weighted by atomic mass is 10.2. The number of nitrogens with one attached hydrogen (secondary N) is 2. The van der Waals surface area contributed by atoms with Crippen molar-refractivity contribution in [2.45, 2.75) is 23.6 Å². The molecule has 0 bridgehead atoms. The number of carbonyl (C=O) groups is 1. The van der Waals surface area contributed by atoms with Crippen LogP contribution in [0.25, 0.3) is 0 Å². The van der Waals surface area contributed by atoms with E-state index >= 15 is 0 Å². The van der Waals surface area contributed by atoms with Gasteiger partial charge in [-0.1, -0.05) is 0 Å². The Bertz CT molecular complexity index is 1180. The van der Waals surface area contributed by atoms with Crippen molar-refractivity contribution in [1.29, 1.82) is 0 Å². The first-order chi connectivity index (χ1) is 14.4. The number of carboxylic acid groups (broad SMARTS) is 1. The first kappa shape index (κ1) is 24.4. The number of benzene rings is 2. The molecule has 2 aromatic rings. The molecule has 0 aromatic heterocycles. The predicted molar refractivity (Wildman–Crippen MR) is 117 cm³/mol. The van der Waals surface area contributed by atoms with Gasteiger partial charge in [0.25, 0.3) is 10.0 Å². The number of nitrogens with zero attached hydrogens (tertiary/aromatic N) is 1. The second-order valence-electron chi connectivity index (χ2n) is 6.74. The summed E-state index contributed by atoms with van der Waals surface area (Å²) in [6.07, 6.45) is 0. The van der Waals surface area contributed by atoms with Crippen molar-refractivity contribution < 1.29 is 31.5 Å². The van der Waals surface area contributed by atoms with Crippen molar-refractivity contribution in [2.24, 2.45) is 0 Å². The lowest BCUT2D eigenvalue weighted by Gasteiger charge is -2.17. The summed E-state index contributed by atoms with van der Waals surface area (Å²) in [6, 6.07) is 8.12. The van der Waals surface area contributed by atoms with Gasteiger partial charge in [0.2, 0.25) is 10.0 Å². The van der Waals surface area contributed by atoms with Gasteiger partial charge >= 0.3 is 5.97 Å². The van der Waals surface area contributed by atoms with Crippen LogP contribution in [0.4, 0.5) is 11.4 Å². The van der Waals surface area contributed by atoms with Gasteiger partial charge in [0.1, 0.15) is 5.75 Å². The van der Waals surface area contributed by atoms with Crippen LogP contribution in [-0.4, -0.2) is 59.5 Å². The summed E-state index contributed by atoms with van der Waals surface area (Å²) in [6.45, 7) is 3.35. The molecule has 0 heterocycles. The third-order valence-electron chi connectivity index (χ3n) is 4.19. The summed E-state index contributed by atoms with van der Waals surface area (Å²) in [5, 5.41) is 11.7. The molecule has 0 atom stereocenters. The minimum absolute atomic E-state index is 0.0644.